The van der Waals surface area contributed by atoms with Gasteiger partial charge in [0.1, 0.15) is 11.2 Å². The van der Waals surface area contributed by atoms with Gasteiger partial charge >= 0.3 is 0 Å². The highest BCUT2D eigenvalue weighted by Crippen LogP contribution is 2.42. The van der Waals surface area contributed by atoms with Crippen molar-refractivity contribution in [1.82, 2.24) is 0 Å². The Kier molecular flexibility index (Phi) is 6.17. The SMILES string of the molecule is c1ccc(-c2ccccc2N(c2ccc(-c3ccc4oc5c6ccccc6ccc5c4c3)cc2)c2ccc3ccccc3c2)cc1. The summed E-state index contributed by atoms with van der Waals surface area (Å²) in [6.45, 7) is 0. The highest BCUT2D eigenvalue weighted by Gasteiger charge is 2.18. The quantitative estimate of drug-likeness (QED) is 0.199. The topological polar surface area (TPSA) is 16.4 Å². The van der Waals surface area contributed by atoms with Gasteiger partial charge in [-0.2, -0.15) is 0 Å². The first-order chi connectivity index (χ1) is 22.8. The van der Waals surface area contributed by atoms with E-state index in [2.05, 4.69) is 181 Å². The Morgan fingerprint density at radius 1 is 0.370 bits per heavy atom. The Morgan fingerprint density at radius 2 is 1.04 bits per heavy atom. The van der Waals surface area contributed by atoms with Crippen molar-refractivity contribution in [3.8, 4) is 22.3 Å². The molecule has 0 aliphatic heterocycles. The van der Waals surface area contributed by atoms with E-state index in [1.54, 1.807) is 0 Å². The van der Waals surface area contributed by atoms with Crippen molar-refractivity contribution >= 4 is 60.5 Å². The summed E-state index contributed by atoms with van der Waals surface area (Å²) in [6, 6.07) is 62.8. The van der Waals surface area contributed by atoms with Crippen LogP contribution in [0.1, 0.15) is 0 Å². The summed E-state index contributed by atoms with van der Waals surface area (Å²) < 4.78 is 6.38. The minimum absolute atomic E-state index is 0.909. The van der Waals surface area contributed by atoms with Crippen molar-refractivity contribution in [2.75, 3.05) is 4.90 Å². The van der Waals surface area contributed by atoms with Crippen LogP contribution in [0.5, 0.6) is 0 Å². The Bertz CT molecular complexity index is 2530. The highest BCUT2D eigenvalue weighted by molar-refractivity contribution is 6.15. The third-order valence-electron chi connectivity index (χ3n) is 9.04. The van der Waals surface area contributed by atoms with Gasteiger partial charge in [-0.3, -0.25) is 0 Å². The molecule has 1 heterocycles. The van der Waals surface area contributed by atoms with E-state index in [9.17, 15) is 0 Å². The molecule has 0 amide bonds. The van der Waals surface area contributed by atoms with E-state index in [1.807, 2.05) is 0 Å². The van der Waals surface area contributed by atoms with Gasteiger partial charge in [0.2, 0.25) is 0 Å². The fourth-order valence-electron chi connectivity index (χ4n) is 6.76. The van der Waals surface area contributed by atoms with Gasteiger partial charge in [-0.15, -0.1) is 0 Å². The number of anilines is 3. The number of hydrogen-bond donors (Lipinski definition) is 0. The smallest absolute Gasteiger partial charge is 0.143 e. The third kappa shape index (κ3) is 4.43. The van der Waals surface area contributed by atoms with Crippen LogP contribution in [0.3, 0.4) is 0 Å². The van der Waals surface area contributed by atoms with Crippen LogP contribution in [-0.2, 0) is 0 Å². The van der Waals surface area contributed by atoms with Crippen LogP contribution in [0.25, 0.3) is 65.7 Å². The number of furan rings is 1. The molecule has 0 fully saturated rings. The standard InChI is InChI=1S/C44H29NO/c1-2-11-32(12-3-1)38-15-8-9-17-42(38)45(37-25-20-30-10-4-5-14-34(30)28-37)36-23-18-31(19-24-36)35-22-27-43-41(29-35)40-26-21-33-13-6-7-16-39(33)44(40)46-43/h1-29H. The summed E-state index contributed by atoms with van der Waals surface area (Å²) in [5.74, 6) is 0. The molecule has 0 saturated heterocycles. The van der Waals surface area contributed by atoms with E-state index in [0.717, 1.165) is 55.5 Å². The van der Waals surface area contributed by atoms with Crippen molar-refractivity contribution in [1.29, 1.82) is 0 Å². The van der Waals surface area contributed by atoms with E-state index in [-0.39, 0.29) is 0 Å². The summed E-state index contributed by atoms with van der Waals surface area (Å²) in [4.78, 5) is 2.37. The number of hydrogen-bond acceptors (Lipinski definition) is 2. The molecule has 216 valence electrons. The number of fused-ring (bicyclic) bond motifs is 6. The minimum Gasteiger partial charge on any atom is -0.455 e. The third-order valence-corrected chi connectivity index (χ3v) is 9.04. The van der Waals surface area contributed by atoms with Gasteiger partial charge in [-0.25, -0.2) is 0 Å². The lowest BCUT2D eigenvalue weighted by atomic mass is 9.99. The molecular weight excluding hydrogens is 558 g/mol. The monoisotopic (exact) mass is 587 g/mol. The maximum atomic E-state index is 6.38. The van der Waals surface area contributed by atoms with E-state index >= 15 is 0 Å². The lowest BCUT2D eigenvalue weighted by Gasteiger charge is -2.28. The Hall–Kier alpha value is -6.12. The maximum Gasteiger partial charge on any atom is 0.143 e. The van der Waals surface area contributed by atoms with Crippen molar-refractivity contribution in [2.45, 2.75) is 0 Å². The zero-order chi connectivity index (χ0) is 30.5. The van der Waals surface area contributed by atoms with Crippen LogP contribution in [0.4, 0.5) is 17.1 Å². The molecule has 9 rings (SSSR count). The molecule has 0 bridgehead atoms. The van der Waals surface area contributed by atoms with E-state index < -0.39 is 0 Å². The van der Waals surface area contributed by atoms with Gasteiger partial charge in [-0.05, 0) is 81.4 Å². The number of rotatable bonds is 5. The zero-order valence-electron chi connectivity index (χ0n) is 25.1. The number of benzene rings is 8. The second kappa shape index (κ2) is 10.8. The molecule has 0 saturated carbocycles. The summed E-state index contributed by atoms with van der Waals surface area (Å²) >= 11 is 0. The molecule has 0 atom stereocenters. The van der Waals surface area contributed by atoms with Crippen molar-refractivity contribution < 1.29 is 4.42 Å². The van der Waals surface area contributed by atoms with Gasteiger partial charge in [0.05, 0.1) is 5.69 Å². The summed E-state index contributed by atoms with van der Waals surface area (Å²) in [6.07, 6.45) is 0. The van der Waals surface area contributed by atoms with Crippen LogP contribution in [0.15, 0.2) is 180 Å². The second-order valence-electron chi connectivity index (χ2n) is 11.8. The van der Waals surface area contributed by atoms with E-state index in [4.69, 9.17) is 4.42 Å². The fraction of sp³-hybridized carbons (Fsp3) is 0. The average molecular weight is 588 g/mol. The summed E-state index contributed by atoms with van der Waals surface area (Å²) in [5.41, 5.74) is 9.91. The molecule has 0 aliphatic rings. The van der Waals surface area contributed by atoms with Crippen LogP contribution >= 0.6 is 0 Å². The number of nitrogens with zero attached hydrogens (tertiary/aromatic N) is 1. The first-order valence-electron chi connectivity index (χ1n) is 15.7. The predicted octanol–water partition coefficient (Wildman–Crippen LogP) is 12.7. The van der Waals surface area contributed by atoms with Gasteiger partial charge in [-0.1, -0.05) is 127 Å². The largest absolute Gasteiger partial charge is 0.455 e. The van der Waals surface area contributed by atoms with E-state index in [1.165, 1.54) is 27.3 Å². The second-order valence-corrected chi connectivity index (χ2v) is 11.8. The molecular formula is C44H29NO. The lowest BCUT2D eigenvalue weighted by molar-refractivity contribution is 0.672. The first-order valence-corrected chi connectivity index (χ1v) is 15.7. The van der Waals surface area contributed by atoms with Gasteiger partial charge in [0.15, 0.2) is 0 Å². The molecule has 0 aliphatic carbocycles. The predicted molar refractivity (Wildman–Crippen MR) is 194 cm³/mol. The van der Waals surface area contributed by atoms with Crippen molar-refractivity contribution in [3.05, 3.63) is 176 Å². The molecule has 0 unspecified atom stereocenters. The fourth-order valence-corrected chi connectivity index (χ4v) is 6.76. The average Bonchev–Trinajstić information content (AvgIpc) is 3.51. The lowest BCUT2D eigenvalue weighted by Crippen LogP contribution is -2.11. The molecule has 9 aromatic rings. The van der Waals surface area contributed by atoms with Gasteiger partial charge < -0.3 is 9.32 Å². The number of para-hydroxylation sites is 1. The molecule has 8 aromatic carbocycles. The normalized spacial score (nSPS) is 11.5. The van der Waals surface area contributed by atoms with Crippen molar-refractivity contribution in [2.24, 2.45) is 0 Å². The molecule has 0 radical (unpaired) electrons. The first kappa shape index (κ1) is 26.3. The molecule has 2 nitrogen and oxygen atoms in total. The van der Waals surface area contributed by atoms with Crippen LogP contribution < -0.4 is 4.90 Å². The van der Waals surface area contributed by atoms with Crippen LogP contribution in [-0.4, -0.2) is 0 Å². The zero-order valence-corrected chi connectivity index (χ0v) is 25.1. The van der Waals surface area contributed by atoms with Crippen LogP contribution in [0, 0.1) is 0 Å². The molecule has 46 heavy (non-hydrogen) atoms. The van der Waals surface area contributed by atoms with Crippen molar-refractivity contribution in [3.63, 3.8) is 0 Å². The summed E-state index contributed by atoms with van der Waals surface area (Å²) in [5, 5.41) is 7.06. The molecule has 0 N–H and O–H groups in total. The Morgan fingerprint density at radius 3 is 1.91 bits per heavy atom. The van der Waals surface area contributed by atoms with Crippen LogP contribution in [0.2, 0.25) is 0 Å². The Labute approximate surface area is 267 Å². The molecule has 0 spiro atoms. The van der Waals surface area contributed by atoms with Gasteiger partial charge in [0.25, 0.3) is 0 Å². The summed E-state index contributed by atoms with van der Waals surface area (Å²) in [7, 11) is 0. The minimum atomic E-state index is 0.909. The highest BCUT2D eigenvalue weighted by atomic mass is 16.3. The van der Waals surface area contributed by atoms with Gasteiger partial charge in [0, 0.05) is 33.1 Å². The van der Waals surface area contributed by atoms with E-state index in [0.29, 0.717) is 0 Å². The maximum absolute atomic E-state index is 6.38. The molecule has 1 aromatic heterocycles. The Balaban J connectivity index is 1.17. The molecule has 2 heteroatoms.